The van der Waals surface area contributed by atoms with Crippen molar-refractivity contribution in [3.63, 3.8) is 0 Å². The normalized spacial score (nSPS) is 17.5. The zero-order chi connectivity index (χ0) is 27.8. The van der Waals surface area contributed by atoms with Crippen LogP contribution in [0.2, 0.25) is 10.0 Å². The van der Waals surface area contributed by atoms with E-state index in [0.717, 1.165) is 16.5 Å². The quantitative estimate of drug-likeness (QED) is 0.379. The fourth-order valence-electron chi connectivity index (χ4n) is 4.94. The van der Waals surface area contributed by atoms with Gasteiger partial charge in [-0.2, -0.15) is 0 Å². The van der Waals surface area contributed by atoms with E-state index in [1.54, 1.807) is 29.4 Å². The predicted molar refractivity (Wildman–Crippen MR) is 148 cm³/mol. The van der Waals surface area contributed by atoms with E-state index in [1.807, 2.05) is 43.3 Å². The highest BCUT2D eigenvalue weighted by Crippen LogP contribution is 2.35. The molecule has 204 valence electrons. The summed E-state index contributed by atoms with van der Waals surface area (Å²) < 4.78 is 5.42. The molecule has 0 fully saturated rings. The lowest BCUT2D eigenvalue weighted by Gasteiger charge is -2.30. The van der Waals surface area contributed by atoms with E-state index in [2.05, 4.69) is 10.7 Å². The standard InChI is InChI=1S/C28H28Cl2N4O5/c1-15(2)34-9-5-19(32-34)13-22(28(37)38)31-26(35)24-21(29)11-18-14-33(8-6-20(18)25(24)30)27(36)17-4-3-16-7-10-39-23(16)12-17/h3-5,7,9-12,15,19,22,32H,6,8,13-14H2,1-2H3,(H,31,35)(H,37,38)/t19?,22-/m0/s1. The second-order valence-electron chi connectivity index (χ2n) is 10.0. The van der Waals surface area contributed by atoms with Crippen LogP contribution in [-0.4, -0.2) is 57.5 Å². The first-order valence-electron chi connectivity index (χ1n) is 12.6. The molecule has 3 aromatic rings. The third-order valence-corrected chi connectivity index (χ3v) is 7.78. The summed E-state index contributed by atoms with van der Waals surface area (Å²) >= 11 is 13.2. The molecule has 0 saturated heterocycles. The van der Waals surface area contributed by atoms with E-state index in [-0.39, 0.29) is 46.6 Å². The van der Waals surface area contributed by atoms with Gasteiger partial charge in [0.25, 0.3) is 11.8 Å². The summed E-state index contributed by atoms with van der Waals surface area (Å²) in [7, 11) is 0. The van der Waals surface area contributed by atoms with Gasteiger partial charge in [0.1, 0.15) is 11.6 Å². The van der Waals surface area contributed by atoms with E-state index in [0.29, 0.717) is 24.1 Å². The molecular weight excluding hydrogens is 543 g/mol. The number of carbonyl (C=O) groups is 3. The van der Waals surface area contributed by atoms with Crippen LogP contribution >= 0.6 is 23.2 Å². The van der Waals surface area contributed by atoms with Gasteiger partial charge in [0.2, 0.25) is 0 Å². The Kier molecular flexibility index (Phi) is 7.57. The van der Waals surface area contributed by atoms with Gasteiger partial charge in [-0.15, -0.1) is 0 Å². The summed E-state index contributed by atoms with van der Waals surface area (Å²) in [5.74, 6) is -1.97. The van der Waals surface area contributed by atoms with Crippen LogP contribution in [0, 0.1) is 0 Å². The molecule has 1 aromatic heterocycles. The van der Waals surface area contributed by atoms with Crippen LogP contribution in [0.5, 0.6) is 0 Å². The van der Waals surface area contributed by atoms with Crippen molar-refractivity contribution in [1.82, 2.24) is 20.7 Å². The molecule has 0 spiro atoms. The van der Waals surface area contributed by atoms with Crippen molar-refractivity contribution in [2.75, 3.05) is 6.54 Å². The summed E-state index contributed by atoms with van der Waals surface area (Å²) in [5, 5.41) is 15.4. The number of carbonyl (C=O) groups excluding carboxylic acids is 2. The number of rotatable bonds is 7. The minimum Gasteiger partial charge on any atom is -0.480 e. The number of carboxylic acids is 1. The maximum absolute atomic E-state index is 13.2. The largest absolute Gasteiger partial charge is 0.480 e. The van der Waals surface area contributed by atoms with Crippen molar-refractivity contribution in [3.05, 3.63) is 81.2 Å². The van der Waals surface area contributed by atoms with Crippen molar-refractivity contribution in [3.8, 4) is 0 Å². The Bertz CT molecular complexity index is 1480. The molecule has 1 unspecified atom stereocenters. The summed E-state index contributed by atoms with van der Waals surface area (Å²) in [4.78, 5) is 40.1. The molecule has 2 aliphatic rings. The van der Waals surface area contributed by atoms with E-state index in [9.17, 15) is 19.5 Å². The Morgan fingerprint density at radius 3 is 2.72 bits per heavy atom. The van der Waals surface area contributed by atoms with Gasteiger partial charge in [0, 0.05) is 42.3 Å². The topological polar surface area (TPSA) is 115 Å². The molecule has 9 nitrogen and oxygen atoms in total. The Labute approximate surface area is 235 Å². The number of benzene rings is 2. The highest BCUT2D eigenvalue weighted by Gasteiger charge is 2.31. The first-order valence-corrected chi connectivity index (χ1v) is 13.4. The minimum atomic E-state index is -1.16. The molecular formula is C28H28Cl2N4O5. The van der Waals surface area contributed by atoms with Crippen LogP contribution in [0.1, 0.15) is 52.1 Å². The molecule has 11 heteroatoms. The molecule has 39 heavy (non-hydrogen) atoms. The highest BCUT2D eigenvalue weighted by molar-refractivity contribution is 6.40. The maximum atomic E-state index is 13.2. The Balaban J connectivity index is 1.31. The second-order valence-corrected chi connectivity index (χ2v) is 10.8. The average Bonchev–Trinajstić information content (AvgIpc) is 3.56. The number of amides is 2. The number of hydrazine groups is 1. The zero-order valence-electron chi connectivity index (χ0n) is 21.4. The van der Waals surface area contributed by atoms with E-state index < -0.39 is 17.9 Å². The van der Waals surface area contributed by atoms with Gasteiger partial charge in [-0.05, 0) is 68.2 Å². The Morgan fingerprint density at radius 1 is 1.21 bits per heavy atom. The van der Waals surface area contributed by atoms with Gasteiger partial charge < -0.3 is 24.7 Å². The third kappa shape index (κ3) is 5.48. The maximum Gasteiger partial charge on any atom is 0.326 e. The monoisotopic (exact) mass is 570 g/mol. The Morgan fingerprint density at radius 2 is 2.00 bits per heavy atom. The van der Waals surface area contributed by atoms with Crippen LogP contribution in [0.4, 0.5) is 0 Å². The number of hydrogen-bond acceptors (Lipinski definition) is 6. The molecule has 0 aliphatic carbocycles. The molecule has 0 saturated carbocycles. The third-order valence-electron chi connectivity index (χ3n) is 7.07. The van der Waals surface area contributed by atoms with Crippen molar-refractivity contribution in [1.29, 1.82) is 0 Å². The first-order chi connectivity index (χ1) is 18.6. The van der Waals surface area contributed by atoms with Gasteiger partial charge in [-0.3, -0.25) is 9.59 Å². The van der Waals surface area contributed by atoms with Gasteiger partial charge in [0.15, 0.2) is 0 Å². The number of hydrogen-bond donors (Lipinski definition) is 3. The molecule has 2 aromatic carbocycles. The first kappa shape index (κ1) is 27.1. The van der Waals surface area contributed by atoms with Gasteiger partial charge in [0.05, 0.1) is 21.9 Å². The van der Waals surface area contributed by atoms with Gasteiger partial charge in [-0.25, -0.2) is 10.2 Å². The number of nitrogens with one attached hydrogen (secondary N) is 2. The summed E-state index contributed by atoms with van der Waals surface area (Å²) in [6.45, 7) is 4.68. The van der Waals surface area contributed by atoms with Gasteiger partial charge >= 0.3 is 5.97 Å². The number of aliphatic carboxylic acids is 1. The van der Waals surface area contributed by atoms with E-state index >= 15 is 0 Å². The summed E-state index contributed by atoms with van der Waals surface area (Å²) in [5.41, 5.74) is 5.84. The summed E-state index contributed by atoms with van der Waals surface area (Å²) in [6.07, 6.45) is 5.86. The van der Waals surface area contributed by atoms with Crippen LogP contribution < -0.4 is 10.7 Å². The lowest BCUT2D eigenvalue weighted by atomic mass is 9.95. The fraction of sp³-hybridized carbons (Fsp3) is 0.321. The molecule has 2 atom stereocenters. The number of halogens is 2. The molecule has 3 N–H and O–H groups in total. The van der Waals surface area contributed by atoms with Gasteiger partial charge in [-0.1, -0.05) is 29.3 Å². The molecule has 0 bridgehead atoms. The smallest absolute Gasteiger partial charge is 0.326 e. The molecule has 5 rings (SSSR count). The fourth-order valence-corrected chi connectivity index (χ4v) is 5.70. The van der Waals surface area contributed by atoms with Crippen LogP contribution in [0.3, 0.4) is 0 Å². The number of furan rings is 1. The predicted octanol–water partition coefficient (Wildman–Crippen LogP) is 4.62. The lowest BCUT2D eigenvalue weighted by Crippen LogP contribution is -2.47. The van der Waals surface area contributed by atoms with E-state index in [4.69, 9.17) is 27.6 Å². The zero-order valence-corrected chi connectivity index (χ0v) is 22.9. The SMILES string of the molecule is CC(C)N1C=CC(C[C@H](NC(=O)c2c(Cl)cc3c(c2Cl)CCN(C(=O)c2ccc4ccoc4c2)C3)C(=O)O)N1. The van der Waals surface area contributed by atoms with Crippen molar-refractivity contribution in [2.45, 2.75) is 51.4 Å². The van der Waals surface area contributed by atoms with Crippen LogP contribution in [0.25, 0.3) is 11.0 Å². The van der Waals surface area contributed by atoms with Crippen LogP contribution in [-0.2, 0) is 17.8 Å². The number of carboxylic acid groups (broad SMARTS) is 1. The summed E-state index contributed by atoms with van der Waals surface area (Å²) in [6, 6.07) is 7.57. The average molecular weight is 571 g/mol. The van der Waals surface area contributed by atoms with E-state index in [1.165, 1.54) is 0 Å². The number of fused-ring (bicyclic) bond motifs is 2. The van der Waals surface area contributed by atoms with Crippen molar-refractivity contribution < 1.29 is 23.9 Å². The molecule has 2 amide bonds. The number of nitrogens with zero attached hydrogens (tertiary/aromatic N) is 2. The molecule has 2 aliphatic heterocycles. The lowest BCUT2D eigenvalue weighted by molar-refractivity contribution is -0.139. The van der Waals surface area contributed by atoms with Crippen molar-refractivity contribution in [2.24, 2.45) is 0 Å². The second kappa shape index (κ2) is 10.9. The Hall–Kier alpha value is -3.53. The minimum absolute atomic E-state index is 0.0325. The molecule has 3 heterocycles. The highest BCUT2D eigenvalue weighted by atomic mass is 35.5. The molecule has 0 radical (unpaired) electrons. The van der Waals surface area contributed by atoms with Crippen molar-refractivity contribution >= 4 is 52.0 Å². The van der Waals surface area contributed by atoms with Crippen LogP contribution in [0.15, 0.2) is 53.3 Å².